The third-order valence-corrected chi connectivity index (χ3v) is 4.02. The molecule has 0 aliphatic carbocycles. The molecule has 166 valence electrons. The average Bonchev–Trinajstić information content (AvgIpc) is 2.67. The van der Waals surface area contributed by atoms with Gasteiger partial charge in [-0.25, -0.2) is 4.79 Å². The van der Waals surface area contributed by atoms with Gasteiger partial charge in [0.05, 0.1) is 7.11 Å². The lowest BCUT2D eigenvalue weighted by Crippen LogP contribution is -2.40. The predicted octanol–water partition coefficient (Wildman–Crippen LogP) is 4.85. The Bertz CT molecular complexity index is 607. The molecule has 1 aromatic carbocycles. The summed E-state index contributed by atoms with van der Waals surface area (Å²) in [6.07, 6.45) is 0.714. The molecule has 29 heavy (non-hydrogen) atoms. The monoisotopic (exact) mass is 408 g/mol. The molecule has 1 aliphatic heterocycles. The van der Waals surface area contributed by atoms with Crippen molar-refractivity contribution in [3.63, 3.8) is 0 Å². The topological polar surface area (TPSA) is 59.1 Å². The van der Waals surface area contributed by atoms with E-state index in [-0.39, 0.29) is 6.54 Å². The van der Waals surface area contributed by atoms with Crippen LogP contribution in [0.2, 0.25) is 0 Å². The molecule has 0 spiro atoms. The highest BCUT2D eigenvalue weighted by molar-refractivity contribution is 5.78. The average molecular weight is 409 g/mol. The highest BCUT2D eigenvalue weighted by atomic mass is 16.6. The van der Waals surface area contributed by atoms with Gasteiger partial charge in [-0.2, -0.15) is 0 Å². The minimum Gasteiger partial charge on any atom is -0.468 e. The van der Waals surface area contributed by atoms with Crippen molar-refractivity contribution in [2.75, 3.05) is 26.7 Å². The largest absolute Gasteiger partial charge is 0.468 e. The number of ether oxygens (including phenoxy) is 2. The van der Waals surface area contributed by atoms with Gasteiger partial charge in [-0.15, -0.1) is 0 Å². The number of nitrogens with zero attached hydrogens (tertiary/aromatic N) is 2. The van der Waals surface area contributed by atoms with Gasteiger partial charge in [-0.3, -0.25) is 14.6 Å². The number of methoxy groups -OCH3 is 1. The van der Waals surface area contributed by atoms with E-state index in [1.165, 1.54) is 24.0 Å². The summed E-state index contributed by atoms with van der Waals surface area (Å²) in [5, 5.41) is 0. The van der Waals surface area contributed by atoms with Gasteiger partial charge in [0.25, 0.3) is 0 Å². The summed E-state index contributed by atoms with van der Waals surface area (Å²) in [4.78, 5) is 28.0. The standard InChI is InChI=1S/C19H28N2O4.2C2H6/c1-19(2,3)25-18(23)21(14-17(22)24-4)13-16-9-6-5-8-15(16)12-20-10-7-11-20;2*1-2/h5-6,8-9H,7,10-14H2,1-4H3;2*1-2H3. The summed E-state index contributed by atoms with van der Waals surface area (Å²) in [7, 11) is 1.31. The minimum atomic E-state index is -0.622. The van der Waals surface area contributed by atoms with Crippen LogP contribution < -0.4 is 0 Å². The van der Waals surface area contributed by atoms with Crippen LogP contribution in [0.25, 0.3) is 0 Å². The fraction of sp³-hybridized carbons (Fsp3) is 0.652. The van der Waals surface area contributed by atoms with Crippen molar-refractivity contribution in [2.24, 2.45) is 0 Å². The van der Waals surface area contributed by atoms with E-state index in [0.717, 1.165) is 25.2 Å². The van der Waals surface area contributed by atoms with Crippen LogP contribution in [0.1, 0.15) is 66.0 Å². The number of carbonyl (C=O) groups excluding carboxylic acids is 2. The van der Waals surface area contributed by atoms with Crippen LogP contribution >= 0.6 is 0 Å². The van der Waals surface area contributed by atoms with Gasteiger partial charge >= 0.3 is 12.1 Å². The molecule has 1 aliphatic rings. The highest BCUT2D eigenvalue weighted by Gasteiger charge is 2.25. The molecule has 2 rings (SSSR count). The lowest BCUT2D eigenvalue weighted by molar-refractivity contribution is -0.142. The van der Waals surface area contributed by atoms with Gasteiger partial charge in [-0.05, 0) is 51.4 Å². The third kappa shape index (κ3) is 10.3. The molecule has 1 saturated heterocycles. The lowest BCUT2D eigenvalue weighted by Gasteiger charge is -2.32. The normalized spacial score (nSPS) is 13.0. The molecule has 1 amide bonds. The number of hydrogen-bond donors (Lipinski definition) is 0. The molecule has 0 unspecified atom stereocenters. The number of hydrogen-bond acceptors (Lipinski definition) is 5. The van der Waals surface area contributed by atoms with Crippen LogP contribution in [0.4, 0.5) is 4.79 Å². The number of amides is 1. The molecule has 1 fully saturated rings. The maximum atomic E-state index is 12.5. The first-order chi connectivity index (χ1) is 13.8. The second kappa shape index (κ2) is 14.0. The van der Waals surface area contributed by atoms with Crippen molar-refractivity contribution in [1.82, 2.24) is 9.80 Å². The van der Waals surface area contributed by atoms with Crippen molar-refractivity contribution >= 4 is 12.1 Å². The first-order valence-corrected chi connectivity index (χ1v) is 10.6. The van der Waals surface area contributed by atoms with E-state index in [1.807, 2.05) is 45.9 Å². The Kier molecular flexibility index (Phi) is 13.0. The number of esters is 1. The zero-order valence-electron chi connectivity index (χ0n) is 19.6. The molecule has 1 heterocycles. The first-order valence-electron chi connectivity index (χ1n) is 10.6. The number of likely N-dealkylation sites (tertiary alicyclic amines) is 1. The predicted molar refractivity (Wildman–Crippen MR) is 118 cm³/mol. The van der Waals surface area contributed by atoms with Gasteiger partial charge in [-0.1, -0.05) is 52.0 Å². The van der Waals surface area contributed by atoms with Crippen molar-refractivity contribution in [3.8, 4) is 0 Å². The number of rotatable bonds is 6. The van der Waals surface area contributed by atoms with Gasteiger partial charge in [0, 0.05) is 13.1 Å². The third-order valence-electron chi connectivity index (χ3n) is 4.02. The quantitative estimate of drug-likeness (QED) is 0.630. The summed E-state index contributed by atoms with van der Waals surface area (Å²) in [5.41, 5.74) is 1.56. The van der Waals surface area contributed by atoms with E-state index in [2.05, 4.69) is 11.0 Å². The van der Waals surface area contributed by atoms with Crippen LogP contribution in [0.5, 0.6) is 0 Å². The maximum absolute atomic E-state index is 12.5. The van der Waals surface area contributed by atoms with Crippen LogP contribution in [0.3, 0.4) is 0 Å². The Morgan fingerprint density at radius 3 is 2.03 bits per heavy atom. The molecule has 0 aromatic heterocycles. The SMILES string of the molecule is CC.CC.COC(=O)CN(Cc1ccccc1CN1CCC1)C(=O)OC(C)(C)C. The van der Waals surface area contributed by atoms with Gasteiger partial charge in [0.1, 0.15) is 12.1 Å². The van der Waals surface area contributed by atoms with E-state index in [4.69, 9.17) is 9.47 Å². The van der Waals surface area contributed by atoms with Gasteiger partial charge < -0.3 is 9.47 Å². The highest BCUT2D eigenvalue weighted by Crippen LogP contribution is 2.19. The zero-order valence-corrected chi connectivity index (χ0v) is 19.6. The fourth-order valence-electron chi connectivity index (χ4n) is 2.58. The number of benzene rings is 1. The molecule has 0 N–H and O–H groups in total. The van der Waals surface area contributed by atoms with Crippen LogP contribution in [-0.2, 0) is 27.4 Å². The second-order valence-electron chi connectivity index (χ2n) is 7.31. The molecular weight excluding hydrogens is 368 g/mol. The van der Waals surface area contributed by atoms with E-state index in [0.29, 0.717) is 6.54 Å². The molecule has 0 bridgehead atoms. The summed E-state index contributed by atoms with van der Waals surface area (Å²) >= 11 is 0. The Hall–Kier alpha value is -2.08. The molecule has 1 aromatic rings. The Labute approximate surface area is 177 Å². The van der Waals surface area contributed by atoms with Crippen LogP contribution in [0, 0.1) is 0 Å². The Morgan fingerprint density at radius 2 is 1.59 bits per heavy atom. The zero-order chi connectivity index (χ0) is 22.4. The van der Waals surface area contributed by atoms with Crippen LogP contribution in [-0.4, -0.2) is 54.2 Å². The summed E-state index contributed by atoms with van der Waals surface area (Å²) < 4.78 is 10.2. The molecular formula is C23H40N2O4. The minimum absolute atomic E-state index is 0.135. The smallest absolute Gasteiger partial charge is 0.411 e. The maximum Gasteiger partial charge on any atom is 0.411 e. The van der Waals surface area contributed by atoms with Crippen molar-refractivity contribution in [2.45, 2.75) is 73.6 Å². The van der Waals surface area contributed by atoms with Crippen molar-refractivity contribution in [1.29, 1.82) is 0 Å². The summed E-state index contributed by atoms with van der Waals surface area (Å²) in [5.74, 6) is -0.467. The van der Waals surface area contributed by atoms with Crippen LogP contribution in [0.15, 0.2) is 24.3 Å². The molecule has 0 saturated carbocycles. The van der Waals surface area contributed by atoms with E-state index >= 15 is 0 Å². The molecule has 6 nitrogen and oxygen atoms in total. The van der Waals surface area contributed by atoms with E-state index in [1.54, 1.807) is 20.8 Å². The van der Waals surface area contributed by atoms with Crippen molar-refractivity contribution in [3.05, 3.63) is 35.4 Å². The molecule has 0 atom stereocenters. The fourth-order valence-corrected chi connectivity index (χ4v) is 2.58. The van der Waals surface area contributed by atoms with E-state index < -0.39 is 17.7 Å². The van der Waals surface area contributed by atoms with Gasteiger partial charge in [0.15, 0.2) is 0 Å². The first kappa shape index (κ1) is 26.9. The Morgan fingerprint density at radius 1 is 1.03 bits per heavy atom. The molecule has 0 radical (unpaired) electrons. The summed E-state index contributed by atoms with van der Waals surface area (Å²) in [6, 6.07) is 8.00. The van der Waals surface area contributed by atoms with Gasteiger partial charge in [0.2, 0.25) is 0 Å². The van der Waals surface area contributed by atoms with Crippen molar-refractivity contribution < 1.29 is 19.1 Å². The lowest BCUT2D eigenvalue weighted by atomic mass is 10.0. The Balaban J connectivity index is 0.00000184. The second-order valence-corrected chi connectivity index (χ2v) is 7.31. The number of carbonyl (C=O) groups is 2. The summed E-state index contributed by atoms with van der Waals surface area (Å²) in [6.45, 7) is 16.7. The molecule has 6 heteroatoms. The van der Waals surface area contributed by atoms with E-state index in [9.17, 15) is 9.59 Å².